The third-order valence-electron chi connectivity index (χ3n) is 7.25. The standard InChI is InChI=1S/C27H34N8O4S/c1-5-22-23-24(32-35(22)18(4)21-10-8-9-11-28-21)26(36)31-25(30-23)20-16-19(17-29-27(20)39-7-3)40(37,38)34-14-12-33(6-2)13-15-34/h8-11,16-18H,5-7,12-15H2,1-4H3,(H,30,31,36). The third kappa shape index (κ3) is 5.11. The number of hydrogen-bond donors (Lipinski definition) is 1. The molecule has 4 aromatic heterocycles. The number of aromatic nitrogens is 6. The van der Waals surface area contributed by atoms with Crippen molar-refractivity contribution in [2.24, 2.45) is 0 Å². The predicted octanol–water partition coefficient (Wildman–Crippen LogP) is 2.47. The van der Waals surface area contributed by atoms with Crippen LogP contribution in [0.1, 0.15) is 45.1 Å². The molecular formula is C27H34N8O4S. The van der Waals surface area contributed by atoms with Crippen molar-refractivity contribution < 1.29 is 13.2 Å². The Balaban J connectivity index is 1.61. The fraction of sp³-hybridized carbons (Fsp3) is 0.444. The maximum absolute atomic E-state index is 13.5. The van der Waals surface area contributed by atoms with Crippen LogP contribution in [0, 0.1) is 0 Å². The average Bonchev–Trinajstić information content (AvgIpc) is 3.36. The lowest BCUT2D eigenvalue weighted by Crippen LogP contribution is -2.48. The number of nitrogens with zero attached hydrogens (tertiary/aromatic N) is 7. The zero-order valence-electron chi connectivity index (χ0n) is 23.2. The van der Waals surface area contributed by atoms with Crippen LogP contribution in [0.15, 0.2) is 46.3 Å². The Morgan fingerprint density at radius 1 is 1.07 bits per heavy atom. The summed E-state index contributed by atoms with van der Waals surface area (Å²) in [6.07, 6.45) is 3.59. The highest BCUT2D eigenvalue weighted by molar-refractivity contribution is 7.89. The maximum atomic E-state index is 13.5. The molecule has 212 valence electrons. The quantitative estimate of drug-likeness (QED) is 0.324. The largest absolute Gasteiger partial charge is 0.477 e. The summed E-state index contributed by atoms with van der Waals surface area (Å²) in [5.74, 6) is 0.355. The molecule has 1 aliphatic heterocycles. The van der Waals surface area contributed by atoms with Crippen LogP contribution in [-0.4, -0.2) is 86.7 Å². The normalized spacial score (nSPS) is 15.9. The van der Waals surface area contributed by atoms with Gasteiger partial charge >= 0.3 is 0 Å². The first-order valence-electron chi connectivity index (χ1n) is 13.6. The molecule has 12 nitrogen and oxygen atoms in total. The Hall–Kier alpha value is -3.68. The topological polar surface area (TPSA) is 139 Å². The van der Waals surface area contributed by atoms with E-state index in [1.807, 2.05) is 32.0 Å². The van der Waals surface area contributed by atoms with Crippen LogP contribution in [0.5, 0.6) is 5.88 Å². The monoisotopic (exact) mass is 566 g/mol. The second kappa shape index (κ2) is 11.4. The summed E-state index contributed by atoms with van der Waals surface area (Å²) in [6, 6.07) is 6.92. The first-order chi connectivity index (χ1) is 19.3. The van der Waals surface area contributed by atoms with Gasteiger partial charge in [-0.2, -0.15) is 9.40 Å². The summed E-state index contributed by atoms with van der Waals surface area (Å²) in [5.41, 5.74) is 2.07. The van der Waals surface area contributed by atoms with Gasteiger partial charge in [-0.25, -0.2) is 18.4 Å². The number of pyridine rings is 2. The molecule has 1 fully saturated rings. The number of nitrogens with one attached hydrogen (secondary N) is 1. The summed E-state index contributed by atoms with van der Waals surface area (Å²) >= 11 is 0. The molecule has 0 aliphatic carbocycles. The highest BCUT2D eigenvalue weighted by Crippen LogP contribution is 2.31. The summed E-state index contributed by atoms with van der Waals surface area (Å²) in [5, 5.41) is 4.60. The molecule has 4 aromatic rings. The lowest BCUT2D eigenvalue weighted by molar-refractivity contribution is 0.196. The van der Waals surface area contributed by atoms with Gasteiger partial charge < -0.3 is 14.6 Å². The Labute approximate surface area is 233 Å². The van der Waals surface area contributed by atoms with Gasteiger partial charge in [0.1, 0.15) is 16.2 Å². The van der Waals surface area contributed by atoms with Gasteiger partial charge in [0.2, 0.25) is 15.9 Å². The van der Waals surface area contributed by atoms with Gasteiger partial charge in [-0.05, 0) is 45.0 Å². The van der Waals surface area contributed by atoms with E-state index in [0.717, 1.165) is 17.9 Å². The van der Waals surface area contributed by atoms with Gasteiger partial charge in [0.05, 0.1) is 35.8 Å². The van der Waals surface area contributed by atoms with Crippen LogP contribution in [0.25, 0.3) is 22.4 Å². The molecule has 0 amide bonds. The van der Waals surface area contributed by atoms with E-state index in [1.165, 1.54) is 16.6 Å². The Bertz CT molecular complexity index is 1660. The highest BCUT2D eigenvalue weighted by Gasteiger charge is 2.30. The van der Waals surface area contributed by atoms with Gasteiger partial charge in [0.15, 0.2) is 5.52 Å². The molecule has 40 heavy (non-hydrogen) atoms. The summed E-state index contributed by atoms with van der Waals surface area (Å²) < 4.78 is 36.1. The van der Waals surface area contributed by atoms with E-state index in [4.69, 9.17) is 9.72 Å². The minimum atomic E-state index is -3.81. The van der Waals surface area contributed by atoms with Gasteiger partial charge in [-0.1, -0.05) is 19.9 Å². The minimum Gasteiger partial charge on any atom is -0.477 e. The number of likely N-dealkylation sites (N-methyl/N-ethyl adjacent to an activating group) is 1. The van der Waals surface area contributed by atoms with E-state index < -0.39 is 15.6 Å². The molecule has 5 rings (SSSR count). The van der Waals surface area contributed by atoms with Crippen LogP contribution in [0.2, 0.25) is 0 Å². The second-order valence-corrected chi connectivity index (χ2v) is 11.5. The lowest BCUT2D eigenvalue weighted by atomic mass is 10.2. The summed E-state index contributed by atoms with van der Waals surface area (Å²) in [7, 11) is -3.81. The van der Waals surface area contributed by atoms with Crippen molar-refractivity contribution in [1.82, 2.24) is 38.9 Å². The molecule has 0 saturated carbocycles. The fourth-order valence-corrected chi connectivity index (χ4v) is 6.39. The number of sulfonamides is 1. The molecule has 0 radical (unpaired) electrons. The average molecular weight is 567 g/mol. The SMILES string of the molecule is CCOc1ncc(S(=O)(=O)N2CCN(CC)CC2)cc1-c1nc2c(CC)n(C(C)c3ccccn3)nc2c(=O)[nH]1. The van der Waals surface area contributed by atoms with Crippen molar-refractivity contribution in [3.63, 3.8) is 0 Å². The highest BCUT2D eigenvalue weighted by atomic mass is 32.2. The molecule has 0 spiro atoms. The van der Waals surface area contributed by atoms with Gasteiger partial charge in [0, 0.05) is 32.4 Å². The van der Waals surface area contributed by atoms with Crippen LogP contribution < -0.4 is 10.3 Å². The van der Waals surface area contributed by atoms with E-state index >= 15 is 0 Å². The van der Waals surface area contributed by atoms with Crippen molar-refractivity contribution in [2.45, 2.75) is 45.1 Å². The van der Waals surface area contributed by atoms with E-state index in [-0.39, 0.29) is 28.2 Å². The number of rotatable bonds is 9. The molecule has 1 aliphatic rings. The van der Waals surface area contributed by atoms with Crippen molar-refractivity contribution in [1.29, 1.82) is 0 Å². The van der Waals surface area contributed by atoms with E-state index in [0.29, 0.717) is 50.3 Å². The summed E-state index contributed by atoms with van der Waals surface area (Å²) in [4.78, 5) is 31.9. The number of piperazine rings is 1. The zero-order valence-corrected chi connectivity index (χ0v) is 24.0. The molecule has 1 atom stereocenters. The zero-order chi connectivity index (χ0) is 28.4. The molecule has 0 bridgehead atoms. The number of ether oxygens (including phenoxy) is 1. The van der Waals surface area contributed by atoms with Crippen LogP contribution >= 0.6 is 0 Å². The lowest BCUT2D eigenvalue weighted by Gasteiger charge is -2.33. The van der Waals surface area contributed by atoms with Gasteiger partial charge in [-0.15, -0.1) is 0 Å². The molecule has 1 unspecified atom stereocenters. The van der Waals surface area contributed by atoms with Crippen molar-refractivity contribution in [3.8, 4) is 17.3 Å². The Kier molecular flexibility index (Phi) is 7.97. The smallest absolute Gasteiger partial charge is 0.279 e. The molecule has 1 saturated heterocycles. The number of aromatic amines is 1. The first-order valence-corrected chi connectivity index (χ1v) is 15.0. The van der Waals surface area contributed by atoms with E-state index in [9.17, 15) is 13.2 Å². The van der Waals surface area contributed by atoms with Crippen molar-refractivity contribution in [2.75, 3.05) is 39.3 Å². The molecule has 1 N–H and O–H groups in total. The number of fused-ring (bicyclic) bond motifs is 1. The molecular weight excluding hydrogens is 532 g/mol. The van der Waals surface area contributed by atoms with Gasteiger partial charge in [0.25, 0.3) is 5.56 Å². The molecule has 13 heteroatoms. The Morgan fingerprint density at radius 2 is 1.85 bits per heavy atom. The maximum Gasteiger partial charge on any atom is 0.279 e. The van der Waals surface area contributed by atoms with E-state index in [2.05, 4.69) is 31.9 Å². The number of hydrogen-bond acceptors (Lipinski definition) is 9. The Morgan fingerprint density at radius 3 is 2.50 bits per heavy atom. The fourth-order valence-electron chi connectivity index (χ4n) is 4.99. The van der Waals surface area contributed by atoms with Crippen LogP contribution in [0.3, 0.4) is 0 Å². The molecule has 5 heterocycles. The van der Waals surface area contributed by atoms with Crippen molar-refractivity contribution in [3.05, 3.63) is 58.4 Å². The first kappa shape index (κ1) is 27.9. The van der Waals surface area contributed by atoms with Crippen LogP contribution in [-0.2, 0) is 16.4 Å². The van der Waals surface area contributed by atoms with Crippen molar-refractivity contribution >= 4 is 21.1 Å². The summed E-state index contributed by atoms with van der Waals surface area (Å²) in [6.45, 7) is 11.1. The number of H-pyrrole nitrogens is 1. The second-order valence-electron chi connectivity index (χ2n) is 9.58. The molecule has 0 aromatic carbocycles. The van der Waals surface area contributed by atoms with E-state index in [1.54, 1.807) is 17.8 Å². The van der Waals surface area contributed by atoms with Gasteiger partial charge in [-0.3, -0.25) is 14.5 Å². The minimum absolute atomic E-state index is 0.0221. The predicted molar refractivity (Wildman–Crippen MR) is 151 cm³/mol. The number of aryl methyl sites for hydroxylation is 1. The third-order valence-corrected chi connectivity index (χ3v) is 9.11. The van der Waals surface area contributed by atoms with Crippen LogP contribution in [0.4, 0.5) is 0 Å².